The smallest absolute Gasteiger partial charge is 0.128 e. The Morgan fingerprint density at radius 1 is 1.11 bits per heavy atom. The highest BCUT2D eigenvalue weighted by molar-refractivity contribution is 5.40. The van der Waals surface area contributed by atoms with E-state index in [9.17, 15) is 0 Å². The first-order valence-electron chi connectivity index (χ1n) is 7.19. The molecule has 1 rings (SSSR count). The lowest BCUT2D eigenvalue weighted by atomic mass is 10.1. The molecule has 0 radical (unpaired) electrons. The fraction of sp³-hybridized carbons (Fsp3) is 0.688. The Balaban J connectivity index is 2.82. The van der Waals surface area contributed by atoms with Gasteiger partial charge in [0.1, 0.15) is 5.75 Å². The molecule has 0 N–H and O–H groups in total. The largest absolute Gasteiger partial charge is 0.490 e. The number of hydrogen-bond donors (Lipinski definition) is 0. The van der Waals surface area contributed by atoms with Crippen molar-refractivity contribution >= 4 is 0 Å². The summed E-state index contributed by atoms with van der Waals surface area (Å²) in [6, 6.07) is 0. The number of aromatic nitrogens is 1. The summed E-state index contributed by atoms with van der Waals surface area (Å²) in [6.07, 6.45) is 8.22. The zero-order chi connectivity index (χ0) is 13.5. The van der Waals surface area contributed by atoms with Crippen LogP contribution in [0.5, 0.6) is 5.75 Å². The molecule has 0 aliphatic rings. The fourth-order valence-electron chi connectivity index (χ4n) is 2.17. The maximum Gasteiger partial charge on any atom is 0.128 e. The Morgan fingerprint density at radius 3 is 2.44 bits per heavy atom. The van der Waals surface area contributed by atoms with Crippen molar-refractivity contribution in [3.8, 4) is 5.75 Å². The Bertz CT molecular complexity index is 374. The van der Waals surface area contributed by atoms with E-state index in [0.29, 0.717) is 6.10 Å². The molecular formula is C16H27NO. The zero-order valence-electron chi connectivity index (χ0n) is 12.5. The molecule has 0 saturated carbocycles. The predicted octanol–water partition coefficient (Wildman–Crippen LogP) is 4.74. The van der Waals surface area contributed by atoms with Crippen molar-refractivity contribution in [1.82, 2.24) is 4.98 Å². The molecule has 1 aromatic rings. The van der Waals surface area contributed by atoms with Gasteiger partial charge < -0.3 is 4.74 Å². The average Bonchev–Trinajstić information content (AvgIpc) is 2.36. The number of unbranched alkanes of at least 4 members (excludes halogenated alkanes) is 1. The number of nitrogens with zero attached hydrogens (tertiary/aromatic N) is 1. The van der Waals surface area contributed by atoms with Crippen LogP contribution in [0.25, 0.3) is 0 Å². The van der Waals surface area contributed by atoms with E-state index in [1.165, 1.54) is 24.8 Å². The highest BCUT2D eigenvalue weighted by atomic mass is 16.5. The molecule has 18 heavy (non-hydrogen) atoms. The lowest BCUT2D eigenvalue weighted by molar-refractivity contribution is 0.174. The second-order valence-electron chi connectivity index (χ2n) is 5.15. The molecule has 0 bridgehead atoms. The van der Waals surface area contributed by atoms with Crippen LogP contribution < -0.4 is 4.74 Å². The molecule has 0 spiro atoms. The summed E-state index contributed by atoms with van der Waals surface area (Å²) in [7, 11) is 0. The van der Waals surface area contributed by atoms with Gasteiger partial charge >= 0.3 is 0 Å². The molecule has 1 unspecified atom stereocenters. The number of pyridine rings is 1. The van der Waals surface area contributed by atoms with Crippen LogP contribution in [-0.4, -0.2) is 11.1 Å². The lowest BCUT2D eigenvalue weighted by Gasteiger charge is -2.21. The van der Waals surface area contributed by atoms with Crippen LogP contribution in [0.2, 0.25) is 0 Å². The van der Waals surface area contributed by atoms with E-state index in [1.54, 1.807) is 0 Å². The summed E-state index contributed by atoms with van der Waals surface area (Å²) >= 11 is 0. The predicted molar refractivity (Wildman–Crippen MR) is 77.3 cm³/mol. The van der Waals surface area contributed by atoms with Crippen LogP contribution in [0, 0.1) is 20.8 Å². The zero-order valence-corrected chi connectivity index (χ0v) is 12.5. The minimum atomic E-state index is 0.356. The highest BCUT2D eigenvalue weighted by Crippen LogP contribution is 2.27. The minimum Gasteiger partial charge on any atom is -0.490 e. The third-order valence-electron chi connectivity index (χ3n) is 3.47. The third-order valence-corrected chi connectivity index (χ3v) is 3.47. The number of hydrogen-bond acceptors (Lipinski definition) is 2. The summed E-state index contributed by atoms with van der Waals surface area (Å²) < 4.78 is 6.26. The van der Waals surface area contributed by atoms with Crippen molar-refractivity contribution < 1.29 is 4.74 Å². The van der Waals surface area contributed by atoms with Gasteiger partial charge in [0.25, 0.3) is 0 Å². The molecule has 1 atom stereocenters. The molecule has 0 saturated heterocycles. The minimum absolute atomic E-state index is 0.356. The van der Waals surface area contributed by atoms with Crippen molar-refractivity contribution in [2.75, 3.05) is 0 Å². The molecule has 2 heteroatoms. The van der Waals surface area contributed by atoms with Crippen LogP contribution in [0.3, 0.4) is 0 Å². The summed E-state index contributed by atoms with van der Waals surface area (Å²) in [5, 5.41) is 0. The average molecular weight is 249 g/mol. The topological polar surface area (TPSA) is 22.1 Å². The molecule has 0 aliphatic heterocycles. The van der Waals surface area contributed by atoms with Crippen LogP contribution in [0.4, 0.5) is 0 Å². The van der Waals surface area contributed by atoms with Gasteiger partial charge in [-0.15, -0.1) is 0 Å². The molecule has 1 aromatic heterocycles. The van der Waals surface area contributed by atoms with E-state index in [2.05, 4.69) is 32.7 Å². The number of ether oxygens (including phenoxy) is 1. The van der Waals surface area contributed by atoms with E-state index >= 15 is 0 Å². The third kappa shape index (κ3) is 4.01. The molecule has 0 aromatic carbocycles. The first kappa shape index (κ1) is 15.0. The summed E-state index contributed by atoms with van der Waals surface area (Å²) in [4.78, 5) is 4.37. The van der Waals surface area contributed by atoms with Gasteiger partial charge in [-0.25, -0.2) is 0 Å². The van der Waals surface area contributed by atoms with E-state index in [-0.39, 0.29) is 0 Å². The molecule has 0 fully saturated rings. The summed E-state index contributed by atoms with van der Waals surface area (Å²) in [5.41, 5.74) is 3.41. The highest BCUT2D eigenvalue weighted by Gasteiger charge is 2.14. The van der Waals surface area contributed by atoms with Crippen molar-refractivity contribution in [1.29, 1.82) is 0 Å². The van der Waals surface area contributed by atoms with E-state index in [1.807, 2.05) is 13.1 Å². The number of rotatable bonds is 7. The maximum atomic E-state index is 6.26. The van der Waals surface area contributed by atoms with Crippen LogP contribution >= 0.6 is 0 Å². The van der Waals surface area contributed by atoms with Crippen LogP contribution in [0.1, 0.15) is 62.8 Å². The fourth-order valence-corrected chi connectivity index (χ4v) is 2.17. The Kier molecular flexibility index (Phi) is 6.17. The van der Waals surface area contributed by atoms with Gasteiger partial charge in [-0.1, -0.05) is 33.1 Å². The van der Waals surface area contributed by atoms with Crippen molar-refractivity contribution in [3.63, 3.8) is 0 Å². The van der Waals surface area contributed by atoms with Crippen LogP contribution in [0.15, 0.2) is 6.20 Å². The first-order chi connectivity index (χ1) is 8.60. The van der Waals surface area contributed by atoms with Gasteiger partial charge in [0.15, 0.2) is 0 Å². The molecule has 0 aliphatic carbocycles. The molecular weight excluding hydrogens is 222 g/mol. The molecule has 102 valence electrons. The van der Waals surface area contributed by atoms with Crippen molar-refractivity contribution in [2.24, 2.45) is 0 Å². The molecule has 2 nitrogen and oxygen atoms in total. The SMILES string of the molecule is CCCCC(CCC)Oc1c(C)cnc(C)c1C. The van der Waals surface area contributed by atoms with Crippen LogP contribution in [-0.2, 0) is 0 Å². The number of aryl methyl sites for hydroxylation is 2. The van der Waals surface area contributed by atoms with Crippen molar-refractivity contribution in [3.05, 3.63) is 23.0 Å². The van der Waals surface area contributed by atoms with Gasteiger partial charge in [0.2, 0.25) is 0 Å². The maximum absolute atomic E-state index is 6.26. The van der Waals surface area contributed by atoms with Crippen molar-refractivity contribution in [2.45, 2.75) is 72.8 Å². The van der Waals surface area contributed by atoms with E-state index in [0.717, 1.165) is 29.8 Å². The Labute approximate surface area is 112 Å². The van der Waals surface area contributed by atoms with E-state index < -0.39 is 0 Å². The Morgan fingerprint density at radius 2 is 1.83 bits per heavy atom. The standard InChI is InChI=1S/C16H27NO/c1-6-8-10-15(9-7-2)18-16-12(3)11-17-14(5)13(16)4/h11,15H,6-10H2,1-5H3. The molecule has 0 amide bonds. The summed E-state index contributed by atoms with van der Waals surface area (Å²) in [5.74, 6) is 1.05. The Hall–Kier alpha value is -1.05. The van der Waals surface area contributed by atoms with Gasteiger partial charge in [-0.3, -0.25) is 4.98 Å². The first-order valence-corrected chi connectivity index (χ1v) is 7.19. The molecule has 1 heterocycles. The van der Waals surface area contributed by atoms with Gasteiger partial charge in [-0.05, 0) is 33.6 Å². The monoisotopic (exact) mass is 249 g/mol. The second kappa shape index (κ2) is 7.40. The normalized spacial score (nSPS) is 12.5. The van der Waals surface area contributed by atoms with Gasteiger partial charge in [0.05, 0.1) is 6.10 Å². The van der Waals surface area contributed by atoms with E-state index in [4.69, 9.17) is 4.74 Å². The quantitative estimate of drug-likeness (QED) is 0.696. The second-order valence-corrected chi connectivity index (χ2v) is 5.15. The summed E-state index contributed by atoms with van der Waals surface area (Å²) in [6.45, 7) is 10.7. The van der Waals surface area contributed by atoms with Gasteiger partial charge in [0, 0.05) is 23.0 Å². The lowest BCUT2D eigenvalue weighted by Crippen LogP contribution is -2.17. The van der Waals surface area contributed by atoms with Gasteiger partial charge in [-0.2, -0.15) is 0 Å².